The van der Waals surface area contributed by atoms with Crippen molar-refractivity contribution in [1.82, 2.24) is 0 Å². The van der Waals surface area contributed by atoms with E-state index in [1.54, 1.807) is 0 Å². The van der Waals surface area contributed by atoms with Crippen LogP contribution in [-0.4, -0.2) is 0 Å². The number of nitrogens with zero attached hydrogens (tertiary/aromatic N) is 1. The minimum absolute atomic E-state index is 0.192. The van der Waals surface area contributed by atoms with Gasteiger partial charge in [-0.25, -0.2) is 0 Å². The van der Waals surface area contributed by atoms with Crippen molar-refractivity contribution < 1.29 is 0 Å². The Kier molecular flexibility index (Phi) is 9.18. The van der Waals surface area contributed by atoms with Gasteiger partial charge in [0.2, 0.25) is 0 Å². The van der Waals surface area contributed by atoms with Crippen LogP contribution in [0.3, 0.4) is 0 Å². The van der Waals surface area contributed by atoms with Crippen molar-refractivity contribution in [3.05, 3.63) is 186 Å². The Hall–Kier alpha value is -5.66. The summed E-state index contributed by atoms with van der Waals surface area (Å²) < 4.78 is 0. The van der Waals surface area contributed by atoms with Gasteiger partial charge in [0.05, 0.1) is 5.69 Å². The van der Waals surface area contributed by atoms with Gasteiger partial charge in [-0.05, 0) is 166 Å². The van der Waals surface area contributed by atoms with Crippen molar-refractivity contribution >= 4 is 17.1 Å². The van der Waals surface area contributed by atoms with E-state index in [1.807, 2.05) is 0 Å². The Labute approximate surface area is 351 Å². The van der Waals surface area contributed by atoms with E-state index in [-0.39, 0.29) is 5.41 Å². The lowest BCUT2D eigenvalue weighted by atomic mass is 9.80. The van der Waals surface area contributed by atoms with Crippen LogP contribution < -0.4 is 4.90 Å². The molecule has 7 aromatic rings. The van der Waals surface area contributed by atoms with E-state index in [0.29, 0.717) is 5.92 Å². The van der Waals surface area contributed by atoms with Crippen molar-refractivity contribution in [3.8, 4) is 44.5 Å². The third kappa shape index (κ3) is 6.55. The molecule has 3 saturated carbocycles. The Morgan fingerprint density at radius 2 is 1.12 bits per heavy atom. The molecule has 7 aromatic carbocycles. The number of benzene rings is 7. The monoisotopic (exact) mass is 765 g/mol. The smallest absolute Gasteiger partial charge is 0.0543 e. The van der Waals surface area contributed by atoms with E-state index in [9.17, 15) is 0 Å². The highest BCUT2D eigenvalue weighted by Crippen LogP contribution is 2.56. The van der Waals surface area contributed by atoms with Gasteiger partial charge in [0.1, 0.15) is 0 Å². The maximum absolute atomic E-state index is 2.60. The fourth-order valence-corrected chi connectivity index (χ4v) is 11.8. The molecular weight excluding hydrogens is 711 g/mol. The maximum Gasteiger partial charge on any atom is 0.0543 e. The molecular formula is C58H55N. The van der Waals surface area contributed by atoms with Crippen LogP contribution in [0.4, 0.5) is 17.1 Å². The largest absolute Gasteiger partial charge is 0.310 e. The number of hydrogen-bond donors (Lipinski definition) is 0. The van der Waals surface area contributed by atoms with Crippen molar-refractivity contribution in [3.63, 3.8) is 0 Å². The zero-order chi connectivity index (χ0) is 39.5. The molecule has 0 aliphatic heterocycles. The minimum atomic E-state index is -0.192. The molecule has 2 bridgehead atoms. The van der Waals surface area contributed by atoms with Gasteiger partial charge in [-0.15, -0.1) is 0 Å². The molecule has 0 heterocycles. The fourth-order valence-electron chi connectivity index (χ4n) is 11.8. The lowest BCUT2D eigenvalue weighted by Gasteiger charge is -2.32. The van der Waals surface area contributed by atoms with E-state index >= 15 is 0 Å². The summed E-state index contributed by atoms with van der Waals surface area (Å²) in [5.41, 5.74) is 19.6. The molecule has 0 spiro atoms. The predicted octanol–water partition coefficient (Wildman–Crippen LogP) is 16.4. The summed E-state index contributed by atoms with van der Waals surface area (Å²) in [7, 11) is 0. The quantitative estimate of drug-likeness (QED) is 0.149. The number of hydrogen-bond acceptors (Lipinski definition) is 1. The van der Waals surface area contributed by atoms with Crippen molar-refractivity contribution in [2.24, 2.45) is 11.8 Å². The van der Waals surface area contributed by atoms with Gasteiger partial charge >= 0.3 is 0 Å². The first-order valence-electron chi connectivity index (χ1n) is 22.5. The first-order chi connectivity index (χ1) is 29.0. The minimum Gasteiger partial charge on any atom is -0.310 e. The average molecular weight is 766 g/mol. The van der Waals surface area contributed by atoms with Gasteiger partial charge in [-0.1, -0.05) is 155 Å². The van der Waals surface area contributed by atoms with Crippen LogP contribution >= 0.6 is 0 Å². The van der Waals surface area contributed by atoms with Crippen LogP contribution in [0.2, 0.25) is 0 Å². The number of fused-ring (bicyclic) bond motifs is 5. The molecule has 3 fully saturated rings. The molecule has 59 heavy (non-hydrogen) atoms. The molecule has 292 valence electrons. The second-order valence-corrected chi connectivity index (χ2v) is 18.8. The maximum atomic E-state index is 2.60. The van der Waals surface area contributed by atoms with Gasteiger partial charge in [0.15, 0.2) is 0 Å². The first kappa shape index (κ1) is 36.4. The van der Waals surface area contributed by atoms with Gasteiger partial charge in [-0.3, -0.25) is 0 Å². The van der Waals surface area contributed by atoms with Crippen molar-refractivity contribution in [1.29, 1.82) is 0 Å². The van der Waals surface area contributed by atoms with Crippen molar-refractivity contribution in [2.75, 3.05) is 4.90 Å². The number of anilines is 3. The third-order valence-electron chi connectivity index (χ3n) is 14.9. The van der Waals surface area contributed by atoms with E-state index in [4.69, 9.17) is 0 Å². The summed E-state index contributed by atoms with van der Waals surface area (Å²) in [6.07, 6.45) is 12.3. The highest BCUT2D eigenvalue weighted by atomic mass is 15.1. The predicted molar refractivity (Wildman–Crippen MR) is 249 cm³/mol. The SMILES string of the molecule is CC1(C)c2cc(-c3cccc(-c4ccccc4)c3)ccc2-c2cc(-c3ccccc3)c(N(c3ccc(C4CC5CCC4C5)cc3)c3cccc(C4CCCCC4)c3)cc21. The van der Waals surface area contributed by atoms with Crippen LogP contribution in [0.15, 0.2) is 164 Å². The molecule has 1 nitrogen and oxygen atoms in total. The molecule has 0 saturated heterocycles. The first-order valence-corrected chi connectivity index (χ1v) is 22.5. The van der Waals surface area contributed by atoms with E-state index in [0.717, 1.165) is 17.8 Å². The zero-order valence-electron chi connectivity index (χ0n) is 34.7. The Morgan fingerprint density at radius 1 is 0.441 bits per heavy atom. The van der Waals surface area contributed by atoms with Crippen molar-refractivity contribution in [2.45, 2.75) is 88.9 Å². The second kappa shape index (κ2) is 14.9. The topological polar surface area (TPSA) is 3.24 Å². The van der Waals surface area contributed by atoms with Crippen LogP contribution in [0.5, 0.6) is 0 Å². The van der Waals surface area contributed by atoms with Crippen LogP contribution in [0, 0.1) is 11.8 Å². The molecule has 0 amide bonds. The molecule has 3 atom stereocenters. The summed E-state index contributed by atoms with van der Waals surface area (Å²) in [6, 6.07) is 62.6. The van der Waals surface area contributed by atoms with Gasteiger partial charge in [0.25, 0.3) is 0 Å². The fraction of sp³-hybridized carbons (Fsp3) is 0.276. The Morgan fingerprint density at radius 3 is 1.85 bits per heavy atom. The van der Waals surface area contributed by atoms with Crippen LogP contribution in [-0.2, 0) is 5.41 Å². The molecule has 0 aromatic heterocycles. The molecule has 0 radical (unpaired) electrons. The van der Waals surface area contributed by atoms with E-state index in [1.165, 1.54) is 142 Å². The summed E-state index contributed by atoms with van der Waals surface area (Å²) in [5, 5.41) is 0. The molecule has 0 N–H and O–H groups in total. The highest BCUT2D eigenvalue weighted by Gasteiger charge is 2.40. The second-order valence-electron chi connectivity index (χ2n) is 18.8. The molecule has 1 heteroatoms. The lowest BCUT2D eigenvalue weighted by Crippen LogP contribution is -2.17. The molecule has 4 aliphatic carbocycles. The van der Waals surface area contributed by atoms with Crippen LogP contribution in [0.25, 0.3) is 44.5 Å². The van der Waals surface area contributed by atoms with Gasteiger partial charge < -0.3 is 4.90 Å². The average Bonchev–Trinajstić information content (AvgIpc) is 4.00. The molecule has 4 aliphatic rings. The Bertz CT molecular complexity index is 2630. The summed E-state index contributed by atoms with van der Waals surface area (Å²) in [5.74, 6) is 3.16. The molecule has 11 rings (SSSR count). The normalized spacial score (nSPS) is 20.3. The van der Waals surface area contributed by atoms with E-state index in [2.05, 4.69) is 183 Å². The summed E-state index contributed by atoms with van der Waals surface area (Å²) in [4.78, 5) is 2.60. The lowest BCUT2D eigenvalue weighted by molar-refractivity contribution is 0.420. The van der Waals surface area contributed by atoms with E-state index < -0.39 is 0 Å². The highest BCUT2D eigenvalue weighted by molar-refractivity contribution is 5.95. The van der Waals surface area contributed by atoms with Gasteiger partial charge in [-0.2, -0.15) is 0 Å². The third-order valence-corrected chi connectivity index (χ3v) is 14.9. The summed E-state index contributed by atoms with van der Waals surface area (Å²) in [6.45, 7) is 4.87. The Balaban J connectivity index is 1.06. The molecule has 3 unspecified atom stereocenters. The van der Waals surface area contributed by atoms with Crippen LogP contribution in [0.1, 0.15) is 106 Å². The standard InChI is InChI=1S/C58H55N/c1-58(2)55-36-47(45-21-12-20-44(34-45)40-14-6-3-7-15-40)28-31-51(55)54-37-53(42-18-10-5-11-19-42)57(38-56(54)58)59(50-23-13-22-46(35-50)41-16-8-4-9-17-41)49-29-26-43(27-30-49)52-33-39-24-25-48(52)32-39/h3,5-7,10-15,18-23,26-31,34-39,41,48,52H,4,8-9,16-17,24-25,32-33H2,1-2H3. The number of rotatable bonds is 8. The van der Waals surface area contributed by atoms with Gasteiger partial charge in [0, 0.05) is 22.4 Å². The summed E-state index contributed by atoms with van der Waals surface area (Å²) >= 11 is 0. The zero-order valence-corrected chi connectivity index (χ0v) is 34.7.